The van der Waals surface area contributed by atoms with Crippen molar-refractivity contribution >= 4 is 55.7 Å². The molecule has 1 fully saturated rings. The van der Waals surface area contributed by atoms with E-state index in [1.807, 2.05) is 97.1 Å². The van der Waals surface area contributed by atoms with E-state index in [1.165, 1.54) is 4.90 Å². The minimum Gasteiger partial charge on any atom is -0.497 e. The Hall–Kier alpha value is -5.49. The average molecular weight is 549 g/mol. The molecule has 2 heterocycles. The van der Waals surface area contributed by atoms with Crippen molar-refractivity contribution in [3.05, 3.63) is 132 Å². The third-order valence-electron chi connectivity index (χ3n) is 8.61. The fourth-order valence-corrected chi connectivity index (χ4v) is 6.71. The van der Waals surface area contributed by atoms with Crippen LogP contribution in [0.2, 0.25) is 0 Å². The average Bonchev–Trinajstić information content (AvgIpc) is 3.03. The monoisotopic (exact) mass is 548 g/mol. The van der Waals surface area contributed by atoms with Gasteiger partial charge >= 0.3 is 0 Å². The van der Waals surface area contributed by atoms with Crippen LogP contribution in [0, 0.1) is 0 Å². The van der Waals surface area contributed by atoms with E-state index in [1.54, 1.807) is 24.1 Å². The third-order valence-corrected chi connectivity index (χ3v) is 8.61. The van der Waals surface area contributed by atoms with Crippen molar-refractivity contribution in [1.82, 2.24) is 4.90 Å². The molecule has 0 radical (unpaired) electrons. The molecule has 0 aromatic heterocycles. The van der Waals surface area contributed by atoms with E-state index in [0.29, 0.717) is 28.0 Å². The van der Waals surface area contributed by atoms with E-state index in [4.69, 9.17) is 4.74 Å². The van der Waals surface area contributed by atoms with E-state index >= 15 is 0 Å². The molecule has 2 atom stereocenters. The summed E-state index contributed by atoms with van der Waals surface area (Å²) in [5.41, 5.74) is 2.43. The van der Waals surface area contributed by atoms with Crippen LogP contribution in [0.1, 0.15) is 32.3 Å². The molecular weight excluding hydrogens is 524 g/mol. The SMILES string of the molecule is COc1ccc(N2C(=O)[C@H](N3C(=O)c4cccc5cccc(c45)C3=O)[C@H]2c2c3ccccc3cc3ccccc23)cc1. The highest BCUT2D eigenvalue weighted by atomic mass is 16.5. The summed E-state index contributed by atoms with van der Waals surface area (Å²) >= 11 is 0. The molecular formula is C36H24N2O4. The minimum atomic E-state index is -1.02. The van der Waals surface area contributed by atoms with Crippen molar-refractivity contribution in [1.29, 1.82) is 0 Å². The number of imide groups is 1. The predicted molar refractivity (Wildman–Crippen MR) is 163 cm³/mol. The Kier molecular flexibility index (Phi) is 5.22. The van der Waals surface area contributed by atoms with Gasteiger partial charge in [-0.15, -0.1) is 0 Å². The number of carbonyl (C=O) groups excluding carboxylic acids is 3. The highest BCUT2D eigenvalue weighted by Crippen LogP contribution is 2.48. The van der Waals surface area contributed by atoms with Crippen LogP contribution in [0.3, 0.4) is 0 Å². The van der Waals surface area contributed by atoms with Gasteiger partial charge in [0.15, 0.2) is 0 Å². The number of benzene rings is 6. The molecule has 0 aliphatic carbocycles. The highest BCUT2D eigenvalue weighted by Gasteiger charge is 2.57. The van der Waals surface area contributed by atoms with Crippen LogP contribution in [-0.2, 0) is 4.79 Å². The first-order chi connectivity index (χ1) is 20.6. The van der Waals surface area contributed by atoms with Gasteiger partial charge in [0.1, 0.15) is 11.8 Å². The van der Waals surface area contributed by atoms with Gasteiger partial charge in [0.2, 0.25) is 0 Å². The van der Waals surface area contributed by atoms with Gasteiger partial charge in [-0.2, -0.15) is 0 Å². The Bertz CT molecular complexity index is 2010. The van der Waals surface area contributed by atoms with Crippen molar-refractivity contribution in [3.8, 4) is 5.75 Å². The van der Waals surface area contributed by atoms with E-state index in [0.717, 1.165) is 32.5 Å². The topological polar surface area (TPSA) is 66.9 Å². The molecule has 0 N–H and O–H groups in total. The van der Waals surface area contributed by atoms with Crippen LogP contribution in [0.4, 0.5) is 5.69 Å². The fourth-order valence-electron chi connectivity index (χ4n) is 6.71. The lowest BCUT2D eigenvalue weighted by atomic mass is 9.80. The predicted octanol–water partition coefficient (Wildman–Crippen LogP) is 6.91. The van der Waals surface area contributed by atoms with E-state index < -0.39 is 23.9 Å². The number of methoxy groups -OCH3 is 1. The lowest BCUT2D eigenvalue weighted by Gasteiger charge is -2.51. The van der Waals surface area contributed by atoms with Crippen molar-refractivity contribution in [2.45, 2.75) is 12.1 Å². The first kappa shape index (κ1) is 24.3. The van der Waals surface area contributed by atoms with Crippen LogP contribution in [0.25, 0.3) is 32.3 Å². The van der Waals surface area contributed by atoms with Crippen LogP contribution < -0.4 is 9.64 Å². The maximum atomic E-state index is 14.3. The van der Waals surface area contributed by atoms with Gasteiger partial charge in [0.05, 0.1) is 13.2 Å². The summed E-state index contributed by atoms with van der Waals surface area (Å²) in [5, 5.41) is 5.43. The van der Waals surface area contributed by atoms with Crippen molar-refractivity contribution < 1.29 is 19.1 Å². The number of rotatable bonds is 4. The number of nitrogens with zero attached hydrogens (tertiary/aromatic N) is 2. The summed E-state index contributed by atoms with van der Waals surface area (Å²) < 4.78 is 5.36. The zero-order chi connectivity index (χ0) is 28.5. The lowest BCUT2D eigenvalue weighted by Crippen LogP contribution is -2.68. The molecule has 6 aromatic carbocycles. The number of fused-ring (bicyclic) bond motifs is 2. The molecule has 2 aliphatic rings. The quantitative estimate of drug-likeness (QED) is 0.136. The maximum Gasteiger partial charge on any atom is 0.262 e. The van der Waals surface area contributed by atoms with Crippen LogP contribution in [0.15, 0.2) is 115 Å². The smallest absolute Gasteiger partial charge is 0.262 e. The summed E-state index contributed by atoms with van der Waals surface area (Å²) in [4.78, 5) is 45.5. The number of anilines is 1. The lowest BCUT2D eigenvalue weighted by molar-refractivity contribution is -0.130. The second kappa shape index (κ2) is 9.01. The summed E-state index contributed by atoms with van der Waals surface area (Å²) in [7, 11) is 1.59. The number of carbonyl (C=O) groups is 3. The minimum absolute atomic E-state index is 0.310. The normalized spacial score (nSPS) is 18.2. The van der Waals surface area contributed by atoms with Crippen LogP contribution >= 0.6 is 0 Å². The second-order valence-electron chi connectivity index (χ2n) is 10.7. The Morgan fingerprint density at radius 3 is 1.69 bits per heavy atom. The zero-order valence-corrected chi connectivity index (χ0v) is 22.7. The van der Waals surface area contributed by atoms with Crippen LogP contribution in [-0.4, -0.2) is 35.8 Å². The number of hydrogen-bond acceptors (Lipinski definition) is 4. The molecule has 3 amide bonds. The number of amides is 3. The van der Waals surface area contributed by atoms with Gasteiger partial charge in [0, 0.05) is 22.2 Å². The zero-order valence-electron chi connectivity index (χ0n) is 22.7. The molecule has 8 rings (SSSR count). The molecule has 0 unspecified atom stereocenters. The van der Waals surface area contributed by atoms with Crippen molar-refractivity contribution in [2.75, 3.05) is 12.0 Å². The molecule has 2 aliphatic heterocycles. The first-order valence-electron chi connectivity index (χ1n) is 13.8. The summed E-state index contributed by atoms with van der Waals surface area (Å²) in [5.74, 6) is -0.546. The molecule has 42 heavy (non-hydrogen) atoms. The molecule has 1 saturated heterocycles. The number of hydrogen-bond donors (Lipinski definition) is 0. The summed E-state index contributed by atoms with van der Waals surface area (Å²) in [6, 6.07) is 34.8. The van der Waals surface area contributed by atoms with Crippen LogP contribution in [0.5, 0.6) is 5.75 Å². The Labute approximate surface area is 241 Å². The number of ether oxygens (including phenoxy) is 1. The molecule has 6 nitrogen and oxygen atoms in total. The Balaban J connectivity index is 1.37. The molecule has 202 valence electrons. The third kappa shape index (κ3) is 3.29. The van der Waals surface area contributed by atoms with E-state index in [-0.39, 0.29) is 5.91 Å². The summed E-state index contributed by atoms with van der Waals surface area (Å²) in [6.45, 7) is 0. The van der Waals surface area contributed by atoms with Gasteiger partial charge in [-0.1, -0.05) is 72.8 Å². The first-order valence-corrected chi connectivity index (χ1v) is 13.8. The fraction of sp³-hybridized carbons (Fsp3) is 0.0833. The van der Waals surface area contributed by atoms with Gasteiger partial charge in [-0.3, -0.25) is 19.3 Å². The van der Waals surface area contributed by atoms with Gasteiger partial charge < -0.3 is 9.64 Å². The van der Waals surface area contributed by atoms with Gasteiger partial charge in [-0.05, 0) is 75.0 Å². The van der Waals surface area contributed by atoms with Gasteiger partial charge in [-0.25, -0.2) is 0 Å². The molecule has 0 saturated carbocycles. The molecule has 0 bridgehead atoms. The molecule has 6 aromatic rings. The van der Waals surface area contributed by atoms with E-state index in [2.05, 4.69) is 6.07 Å². The Morgan fingerprint density at radius 1 is 0.571 bits per heavy atom. The largest absolute Gasteiger partial charge is 0.497 e. The van der Waals surface area contributed by atoms with E-state index in [9.17, 15) is 14.4 Å². The maximum absolute atomic E-state index is 14.3. The van der Waals surface area contributed by atoms with Crippen molar-refractivity contribution in [2.24, 2.45) is 0 Å². The highest BCUT2D eigenvalue weighted by molar-refractivity contribution is 6.28. The second-order valence-corrected chi connectivity index (χ2v) is 10.7. The number of β-lactam (4-membered cyclic amide) rings is 1. The van der Waals surface area contributed by atoms with Gasteiger partial charge in [0.25, 0.3) is 17.7 Å². The molecule has 0 spiro atoms. The molecule has 6 heteroatoms. The summed E-state index contributed by atoms with van der Waals surface area (Å²) in [6.07, 6.45) is 0. The standard InChI is InChI=1S/C36H24N2O4/c1-42-25-18-16-24(17-19-25)37-32(31-26-12-4-2-8-22(26)20-23-9-3-5-13-27(23)31)33(36(37)41)38-34(39)28-14-6-10-21-11-7-15-29(30(21)28)35(38)40/h2-20,32-33H,1H3/t32-,33-/m1/s1. The Morgan fingerprint density at radius 2 is 1.12 bits per heavy atom. The van der Waals surface area contributed by atoms with Crippen molar-refractivity contribution in [3.63, 3.8) is 0 Å².